The number of aromatic nitrogens is 2. The Hall–Kier alpha value is -2.26. The number of piperidine rings is 1. The summed E-state index contributed by atoms with van der Waals surface area (Å²) in [4.78, 5) is 12.8. The van der Waals surface area contributed by atoms with Crippen molar-refractivity contribution < 1.29 is 17.6 Å². The van der Waals surface area contributed by atoms with Gasteiger partial charge in [0.1, 0.15) is 11.6 Å². The molecule has 0 atom stereocenters. The zero-order valence-electron chi connectivity index (χ0n) is 16.8. The summed E-state index contributed by atoms with van der Waals surface area (Å²) in [7, 11) is -3.24. The van der Waals surface area contributed by atoms with Gasteiger partial charge in [-0.15, -0.1) is 0 Å². The van der Waals surface area contributed by atoms with E-state index in [1.165, 1.54) is 16.4 Å². The van der Waals surface area contributed by atoms with E-state index < -0.39 is 10.0 Å². The average molecular weight is 423 g/mol. The van der Waals surface area contributed by atoms with Crippen LogP contribution in [0.4, 0.5) is 10.2 Å². The van der Waals surface area contributed by atoms with Crippen LogP contribution < -0.4 is 5.32 Å². The number of carbonyl (C=O) groups excluding carboxylic acids is 1. The summed E-state index contributed by atoms with van der Waals surface area (Å²) in [5.74, 6) is -0.0828. The molecule has 158 valence electrons. The van der Waals surface area contributed by atoms with Crippen LogP contribution in [0.3, 0.4) is 0 Å². The average Bonchev–Trinajstić information content (AvgIpc) is 3.07. The summed E-state index contributed by atoms with van der Waals surface area (Å²) in [6.07, 6.45) is 2.45. The maximum absolute atomic E-state index is 13.2. The number of anilines is 1. The Morgan fingerprint density at radius 2 is 1.90 bits per heavy atom. The van der Waals surface area contributed by atoms with Crippen molar-refractivity contribution in [1.82, 2.24) is 14.1 Å². The van der Waals surface area contributed by atoms with Crippen molar-refractivity contribution in [2.45, 2.75) is 39.5 Å². The molecule has 1 saturated heterocycles. The number of hydrogen-bond acceptors (Lipinski definition) is 4. The monoisotopic (exact) mass is 422 g/mol. The van der Waals surface area contributed by atoms with E-state index in [-0.39, 0.29) is 23.4 Å². The number of halogens is 1. The van der Waals surface area contributed by atoms with Crippen LogP contribution >= 0.6 is 0 Å². The van der Waals surface area contributed by atoms with Gasteiger partial charge in [0.25, 0.3) is 0 Å². The predicted octanol–water partition coefficient (Wildman–Crippen LogP) is 3.10. The first kappa shape index (κ1) is 21.4. The van der Waals surface area contributed by atoms with Gasteiger partial charge in [0.05, 0.1) is 17.1 Å². The fourth-order valence-corrected chi connectivity index (χ4v) is 5.13. The molecule has 1 aromatic heterocycles. The minimum absolute atomic E-state index is 0.154. The second kappa shape index (κ2) is 9.04. The van der Waals surface area contributed by atoms with Crippen molar-refractivity contribution in [3.8, 4) is 5.69 Å². The molecule has 0 radical (unpaired) electrons. The Morgan fingerprint density at radius 1 is 1.24 bits per heavy atom. The summed E-state index contributed by atoms with van der Waals surface area (Å²) in [6, 6.07) is 7.62. The van der Waals surface area contributed by atoms with Crippen LogP contribution in [-0.2, 0) is 14.8 Å². The Bertz CT molecular complexity index is 949. The molecule has 29 heavy (non-hydrogen) atoms. The van der Waals surface area contributed by atoms with E-state index in [4.69, 9.17) is 0 Å². The molecule has 1 aliphatic rings. The van der Waals surface area contributed by atoms with Crippen LogP contribution in [0.5, 0.6) is 0 Å². The van der Waals surface area contributed by atoms with Gasteiger partial charge in [0.2, 0.25) is 15.9 Å². The van der Waals surface area contributed by atoms with E-state index in [0.717, 1.165) is 12.1 Å². The Kier molecular flexibility index (Phi) is 6.69. The van der Waals surface area contributed by atoms with Crippen molar-refractivity contribution in [3.05, 3.63) is 41.8 Å². The van der Waals surface area contributed by atoms with Gasteiger partial charge >= 0.3 is 0 Å². The highest BCUT2D eigenvalue weighted by Gasteiger charge is 2.31. The first-order chi connectivity index (χ1) is 13.8. The number of rotatable bonds is 7. The molecule has 0 bridgehead atoms. The second-order valence-electron chi connectivity index (χ2n) is 7.39. The molecule has 1 amide bonds. The Morgan fingerprint density at radius 3 is 2.52 bits per heavy atom. The topological polar surface area (TPSA) is 84.3 Å². The summed E-state index contributed by atoms with van der Waals surface area (Å²) in [5.41, 5.74) is 1.37. The van der Waals surface area contributed by atoms with Gasteiger partial charge in [-0.1, -0.05) is 13.3 Å². The quantitative estimate of drug-likeness (QED) is 0.743. The predicted molar refractivity (Wildman–Crippen MR) is 110 cm³/mol. The van der Waals surface area contributed by atoms with Crippen molar-refractivity contribution in [3.63, 3.8) is 0 Å². The highest BCUT2D eigenvalue weighted by atomic mass is 32.2. The smallest absolute Gasteiger partial charge is 0.228 e. The molecule has 3 rings (SSSR count). The van der Waals surface area contributed by atoms with Gasteiger partial charge in [-0.3, -0.25) is 4.79 Å². The molecule has 1 N–H and O–H groups in total. The molecule has 7 nitrogen and oxygen atoms in total. The zero-order chi connectivity index (χ0) is 21.0. The van der Waals surface area contributed by atoms with E-state index in [1.54, 1.807) is 22.9 Å². The lowest BCUT2D eigenvalue weighted by Crippen LogP contribution is -2.42. The van der Waals surface area contributed by atoms with Gasteiger partial charge in [-0.05, 0) is 50.5 Å². The van der Waals surface area contributed by atoms with Crippen molar-refractivity contribution in [2.75, 3.05) is 24.2 Å². The van der Waals surface area contributed by atoms with Crippen LogP contribution in [0.15, 0.2) is 30.3 Å². The molecular formula is C20H27FN4O3S. The molecule has 2 heterocycles. The first-order valence-electron chi connectivity index (χ1n) is 9.91. The highest BCUT2D eigenvalue weighted by molar-refractivity contribution is 7.89. The molecule has 0 unspecified atom stereocenters. The van der Waals surface area contributed by atoms with E-state index >= 15 is 0 Å². The van der Waals surface area contributed by atoms with Gasteiger partial charge < -0.3 is 5.32 Å². The van der Waals surface area contributed by atoms with Crippen molar-refractivity contribution in [1.29, 1.82) is 0 Å². The third-order valence-corrected chi connectivity index (χ3v) is 7.08. The maximum atomic E-state index is 13.2. The number of sulfonamides is 1. The standard InChI is InChI=1S/C20H27FN4O3S/c1-3-4-13-29(27,28)24-11-9-16(10-12-24)20(26)22-19-14-15(2)23-25(19)18-7-5-17(21)6-8-18/h5-8,14,16H,3-4,9-13H2,1-2H3,(H,22,26). The number of aryl methyl sites for hydroxylation is 1. The van der Waals surface area contributed by atoms with Gasteiger partial charge in [0, 0.05) is 25.1 Å². The first-order valence-corrected chi connectivity index (χ1v) is 11.5. The van der Waals surface area contributed by atoms with Crippen LogP contribution in [0, 0.1) is 18.7 Å². The van der Waals surface area contributed by atoms with Crippen LogP contribution in [0.2, 0.25) is 0 Å². The molecule has 1 fully saturated rings. The minimum atomic E-state index is -3.24. The molecule has 1 aromatic carbocycles. The summed E-state index contributed by atoms with van der Waals surface area (Å²) in [6.45, 7) is 4.50. The fourth-order valence-electron chi connectivity index (χ4n) is 3.45. The van der Waals surface area contributed by atoms with Crippen molar-refractivity contribution in [2.24, 2.45) is 5.92 Å². The lowest BCUT2D eigenvalue weighted by molar-refractivity contribution is -0.120. The SMILES string of the molecule is CCCCS(=O)(=O)N1CCC(C(=O)Nc2cc(C)nn2-c2ccc(F)cc2)CC1. The third kappa shape index (κ3) is 5.22. The normalized spacial score (nSPS) is 16.1. The maximum Gasteiger partial charge on any atom is 0.228 e. The fraction of sp³-hybridized carbons (Fsp3) is 0.500. The molecule has 0 aliphatic carbocycles. The molecule has 9 heteroatoms. The van der Waals surface area contributed by atoms with Crippen LogP contribution in [0.1, 0.15) is 38.3 Å². The van der Waals surface area contributed by atoms with Crippen molar-refractivity contribution >= 4 is 21.7 Å². The number of unbranched alkanes of at least 4 members (excludes halogenated alkanes) is 1. The number of carbonyl (C=O) groups is 1. The largest absolute Gasteiger partial charge is 0.310 e. The number of hydrogen-bond donors (Lipinski definition) is 1. The van der Waals surface area contributed by atoms with Gasteiger partial charge in [-0.2, -0.15) is 5.10 Å². The van der Waals surface area contributed by atoms with E-state index in [9.17, 15) is 17.6 Å². The Labute approximate surface area is 171 Å². The third-order valence-electron chi connectivity index (χ3n) is 5.13. The van der Waals surface area contributed by atoms with E-state index in [2.05, 4.69) is 10.4 Å². The molecular weight excluding hydrogens is 395 g/mol. The number of nitrogens with zero attached hydrogens (tertiary/aromatic N) is 3. The summed E-state index contributed by atoms with van der Waals surface area (Å²) in [5, 5.41) is 7.28. The zero-order valence-corrected chi connectivity index (χ0v) is 17.6. The molecule has 1 aliphatic heterocycles. The number of amides is 1. The number of nitrogens with one attached hydrogen (secondary N) is 1. The Balaban J connectivity index is 1.64. The highest BCUT2D eigenvalue weighted by Crippen LogP contribution is 2.24. The van der Waals surface area contributed by atoms with E-state index in [0.29, 0.717) is 43.9 Å². The van der Waals surface area contributed by atoms with E-state index in [1.807, 2.05) is 13.8 Å². The minimum Gasteiger partial charge on any atom is -0.310 e. The van der Waals surface area contributed by atoms with Crippen LogP contribution in [0.25, 0.3) is 5.69 Å². The molecule has 0 spiro atoms. The summed E-state index contributed by atoms with van der Waals surface area (Å²) >= 11 is 0. The summed E-state index contributed by atoms with van der Waals surface area (Å²) < 4.78 is 40.9. The lowest BCUT2D eigenvalue weighted by atomic mass is 9.97. The van der Waals surface area contributed by atoms with Gasteiger partial charge in [0.15, 0.2) is 0 Å². The molecule has 2 aromatic rings. The second-order valence-corrected chi connectivity index (χ2v) is 9.48. The lowest BCUT2D eigenvalue weighted by Gasteiger charge is -2.30. The van der Waals surface area contributed by atoms with Gasteiger partial charge in [-0.25, -0.2) is 21.8 Å². The molecule has 0 saturated carbocycles. The number of benzene rings is 1. The van der Waals surface area contributed by atoms with Crippen LogP contribution in [-0.4, -0.2) is 47.3 Å².